The van der Waals surface area contributed by atoms with Crippen LogP contribution in [-0.2, 0) is 9.59 Å². The van der Waals surface area contributed by atoms with Gasteiger partial charge in [-0.25, -0.2) is 10.2 Å². The molecule has 0 saturated heterocycles. The first kappa shape index (κ1) is 25.6. The maximum Gasteiger partial charge on any atom is 0.336 e. The summed E-state index contributed by atoms with van der Waals surface area (Å²) in [6.45, 7) is 1.52. The van der Waals surface area contributed by atoms with Gasteiger partial charge in [0.15, 0.2) is 17.6 Å². The van der Waals surface area contributed by atoms with Gasteiger partial charge in [0.1, 0.15) is 5.75 Å². The summed E-state index contributed by atoms with van der Waals surface area (Å²) in [4.78, 5) is 34.6. The molecular formula is C26H23N3O7. The quantitative estimate of drug-likeness (QED) is 0.113. The van der Waals surface area contributed by atoms with Crippen LogP contribution >= 0.6 is 0 Å². The number of nitrogens with one attached hydrogen (secondary N) is 1. The number of hydrogen-bond donors (Lipinski definition) is 1. The van der Waals surface area contributed by atoms with Gasteiger partial charge in [0.2, 0.25) is 0 Å². The highest BCUT2D eigenvalue weighted by atomic mass is 16.6. The zero-order chi connectivity index (χ0) is 25.9. The lowest BCUT2D eigenvalue weighted by Crippen LogP contribution is -2.33. The predicted molar refractivity (Wildman–Crippen MR) is 133 cm³/mol. The van der Waals surface area contributed by atoms with Crippen LogP contribution in [0.25, 0.3) is 6.08 Å². The van der Waals surface area contributed by atoms with Crippen molar-refractivity contribution in [3.63, 3.8) is 0 Å². The van der Waals surface area contributed by atoms with Gasteiger partial charge in [0.25, 0.3) is 11.6 Å². The Hall–Kier alpha value is -4.99. The van der Waals surface area contributed by atoms with E-state index in [1.54, 1.807) is 24.3 Å². The smallest absolute Gasteiger partial charge is 0.336 e. The molecule has 0 bridgehead atoms. The fraction of sp³-hybridized carbons (Fsp3) is 0.115. The number of methoxy groups -OCH3 is 1. The summed E-state index contributed by atoms with van der Waals surface area (Å²) in [7, 11) is 1.44. The molecule has 1 atom stereocenters. The Bertz CT molecular complexity index is 1270. The zero-order valence-corrected chi connectivity index (χ0v) is 19.5. The maximum absolute atomic E-state index is 12.2. The first-order valence-electron chi connectivity index (χ1n) is 10.7. The second kappa shape index (κ2) is 12.5. The van der Waals surface area contributed by atoms with E-state index in [0.717, 1.165) is 5.56 Å². The van der Waals surface area contributed by atoms with Crippen molar-refractivity contribution in [2.24, 2.45) is 5.10 Å². The van der Waals surface area contributed by atoms with Crippen LogP contribution in [0.4, 0.5) is 5.69 Å². The van der Waals surface area contributed by atoms with Crippen LogP contribution < -0.4 is 19.6 Å². The van der Waals surface area contributed by atoms with Crippen LogP contribution in [0.3, 0.4) is 0 Å². The van der Waals surface area contributed by atoms with E-state index in [9.17, 15) is 19.7 Å². The van der Waals surface area contributed by atoms with Gasteiger partial charge in [0.05, 0.1) is 18.2 Å². The van der Waals surface area contributed by atoms with Gasteiger partial charge < -0.3 is 14.2 Å². The molecule has 3 aromatic carbocycles. The van der Waals surface area contributed by atoms with Crippen molar-refractivity contribution in [3.8, 4) is 17.2 Å². The van der Waals surface area contributed by atoms with Crippen LogP contribution in [0.2, 0.25) is 0 Å². The van der Waals surface area contributed by atoms with Gasteiger partial charge in [-0.15, -0.1) is 0 Å². The average molecular weight is 489 g/mol. The van der Waals surface area contributed by atoms with E-state index in [4.69, 9.17) is 14.2 Å². The van der Waals surface area contributed by atoms with Gasteiger partial charge >= 0.3 is 5.97 Å². The minimum atomic E-state index is -0.899. The number of nitrogens with zero attached hydrogens (tertiary/aromatic N) is 2. The number of ether oxygens (including phenoxy) is 3. The highest BCUT2D eigenvalue weighted by Crippen LogP contribution is 2.28. The fourth-order valence-electron chi connectivity index (χ4n) is 2.89. The first-order valence-corrected chi connectivity index (χ1v) is 10.7. The van der Waals surface area contributed by atoms with E-state index in [1.807, 2.05) is 30.3 Å². The molecule has 0 radical (unpaired) electrons. The van der Waals surface area contributed by atoms with Crippen LogP contribution in [0.1, 0.15) is 18.1 Å². The summed E-state index contributed by atoms with van der Waals surface area (Å²) < 4.78 is 16.1. The largest absolute Gasteiger partial charge is 0.493 e. The molecule has 0 aromatic heterocycles. The topological polar surface area (TPSA) is 129 Å². The first-order chi connectivity index (χ1) is 17.4. The standard InChI is InChI=1S/C26H23N3O7/c1-18(35-22-12-10-21(11-13-22)29(32)33)26(31)28-27-17-20-8-14-23(24(16-20)34-2)36-25(30)15-9-19-6-4-3-5-7-19/h3-18H,1-2H3,(H,28,31). The van der Waals surface area contributed by atoms with Gasteiger partial charge in [-0.05, 0) is 54.5 Å². The van der Waals surface area contributed by atoms with Gasteiger partial charge in [-0.2, -0.15) is 5.10 Å². The number of carbonyl (C=O) groups is 2. The molecule has 36 heavy (non-hydrogen) atoms. The third-order valence-electron chi connectivity index (χ3n) is 4.73. The molecule has 0 spiro atoms. The van der Waals surface area contributed by atoms with Crippen molar-refractivity contribution in [1.29, 1.82) is 0 Å². The van der Waals surface area contributed by atoms with Crippen molar-refractivity contribution in [1.82, 2.24) is 5.43 Å². The average Bonchev–Trinajstić information content (AvgIpc) is 2.89. The number of non-ortho nitro benzene ring substituents is 1. The zero-order valence-electron chi connectivity index (χ0n) is 19.5. The van der Waals surface area contributed by atoms with Crippen molar-refractivity contribution in [2.45, 2.75) is 13.0 Å². The summed E-state index contributed by atoms with van der Waals surface area (Å²) in [5.41, 5.74) is 3.72. The monoisotopic (exact) mass is 489 g/mol. The predicted octanol–water partition coefficient (Wildman–Crippen LogP) is 4.14. The number of hydrogen-bond acceptors (Lipinski definition) is 8. The Morgan fingerprint density at radius 3 is 2.39 bits per heavy atom. The number of nitro benzene ring substituents is 1. The van der Waals surface area contributed by atoms with Crippen molar-refractivity contribution < 1.29 is 28.7 Å². The SMILES string of the molecule is COc1cc(C=NNC(=O)C(C)Oc2ccc([N+](=O)[O-])cc2)ccc1OC(=O)C=Cc1ccccc1. The molecule has 10 heteroatoms. The molecule has 0 saturated carbocycles. The highest BCUT2D eigenvalue weighted by Gasteiger charge is 2.15. The molecule has 0 heterocycles. The van der Waals surface area contributed by atoms with E-state index >= 15 is 0 Å². The van der Waals surface area contributed by atoms with Gasteiger partial charge in [-0.1, -0.05) is 30.3 Å². The van der Waals surface area contributed by atoms with E-state index in [-0.39, 0.29) is 11.4 Å². The Balaban J connectivity index is 1.55. The van der Waals surface area contributed by atoms with Gasteiger partial charge in [-0.3, -0.25) is 14.9 Å². The number of carbonyl (C=O) groups excluding carboxylic acids is 2. The molecule has 1 unspecified atom stereocenters. The lowest BCUT2D eigenvalue weighted by molar-refractivity contribution is -0.384. The maximum atomic E-state index is 12.2. The number of amides is 1. The van der Waals surface area contributed by atoms with E-state index < -0.39 is 22.9 Å². The number of nitro groups is 1. The second-order valence-electron chi connectivity index (χ2n) is 7.32. The number of esters is 1. The molecule has 184 valence electrons. The fourth-order valence-corrected chi connectivity index (χ4v) is 2.89. The molecule has 3 aromatic rings. The summed E-state index contributed by atoms with van der Waals surface area (Å²) in [6.07, 6.45) is 3.45. The molecule has 10 nitrogen and oxygen atoms in total. The molecule has 0 aliphatic carbocycles. The Kier molecular flexibility index (Phi) is 8.88. The van der Waals surface area contributed by atoms with Crippen LogP contribution in [0.15, 0.2) is 84.0 Å². The molecule has 0 aliphatic rings. The Morgan fingerprint density at radius 1 is 1.00 bits per heavy atom. The third-order valence-corrected chi connectivity index (χ3v) is 4.73. The summed E-state index contributed by atoms with van der Waals surface area (Å²) in [5.74, 6) is -0.242. The minimum Gasteiger partial charge on any atom is -0.493 e. The third kappa shape index (κ3) is 7.52. The Labute approximate surface area is 207 Å². The lowest BCUT2D eigenvalue weighted by Gasteiger charge is -2.12. The lowest BCUT2D eigenvalue weighted by atomic mass is 10.2. The molecular weight excluding hydrogens is 466 g/mol. The second-order valence-corrected chi connectivity index (χ2v) is 7.32. The number of rotatable bonds is 10. The van der Waals surface area contributed by atoms with E-state index in [1.165, 1.54) is 50.6 Å². The van der Waals surface area contributed by atoms with Crippen molar-refractivity contribution >= 4 is 29.9 Å². The normalized spacial score (nSPS) is 11.7. The molecule has 1 N–H and O–H groups in total. The van der Waals surface area contributed by atoms with Crippen molar-refractivity contribution in [2.75, 3.05) is 7.11 Å². The van der Waals surface area contributed by atoms with Crippen LogP contribution in [0.5, 0.6) is 17.2 Å². The van der Waals surface area contributed by atoms with Crippen molar-refractivity contribution in [3.05, 3.63) is 100 Å². The number of benzene rings is 3. The van der Waals surface area contributed by atoms with Gasteiger partial charge in [0, 0.05) is 18.2 Å². The van der Waals surface area contributed by atoms with Crippen LogP contribution in [-0.4, -0.2) is 36.2 Å². The highest BCUT2D eigenvalue weighted by molar-refractivity contribution is 5.89. The minimum absolute atomic E-state index is 0.0797. The van der Waals surface area contributed by atoms with E-state index in [0.29, 0.717) is 17.1 Å². The molecule has 0 fully saturated rings. The molecule has 3 rings (SSSR count). The van der Waals surface area contributed by atoms with Crippen LogP contribution in [0, 0.1) is 10.1 Å². The Morgan fingerprint density at radius 2 is 1.72 bits per heavy atom. The summed E-state index contributed by atoms with van der Waals surface area (Å²) >= 11 is 0. The number of hydrazone groups is 1. The summed E-state index contributed by atoms with van der Waals surface area (Å²) in [6, 6.07) is 19.5. The molecule has 0 aliphatic heterocycles. The van der Waals surface area contributed by atoms with E-state index in [2.05, 4.69) is 10.5 Å². The summed E-state index contributed by atoms with van der Waals surface area (Å²) in [5, 5.41) is 14.6. The molecule has 1 amide bonds.